The number of carbonyl (C=O) groups is 1. The van der Waals surface area contributed by atoms with Crippen molar-refractivity contribution in [1.82, 2.24) is 15.5 Å². The molecule has 3 rings (SSSR count). The second kappa shape index (κ2) is 7.31. The minimum absolute atomic E-state index is 0.0391. The maximum Gasteiger partial charge on any atom is 0.251 e. The molecule has 1 N–H and O–H groups in total. The average Bonchev–Trinajstić information content (AvgIpc) is 2.65. The minimum Gasteiger partial charge on any atom is -0.354 e. The van der Waals surface area contributed by atoms with Gasteiger partial charge < -0.3 is 10.2 Å². The van der Waals surface area contributed by atoms with Crippen LogP contribution in [0, 0.1) is 25.2 Å². The third kappa shape index (κ3) is 3.61. The van der Waals surface area contributed by atoms with Crippen molar-refractivity contribution >= 4 is 11.7 Å². The van der Waals surface area contributed by atoms with Gasteiger partial charge in [0.25, 0.3) is 5.91 Å². The number of amides is 1. The molecule has 0 spiro atoms. The summed E-state index contributed by atoms with van der Waals surface area (Å²) in [6.45, 7) is 5.24. The molecule has 2 heterocycles. The Kier molecular flexibility index (Phi) is 4.94. The SMILES string of the molecule is Cc1nnc(N2CCC(NC(=O)c3ccccc3)CC2)c(C#N)c1C. The van der Waals surface area contributed by atoms with Crippen LogP contribution >= 0.6 is 0 Å². The van der Waals surface area contributed by atoms with Gasteiger partial charge in [-0.1, -0.05) is 18.2 Å². The lowest BCUT2D eigenvalue weighted by molar-refractivity contribution is 0.0931. The molecule has 1 aliphatic heterocycles. The van der Waals surface area contributed by atoms with Gasteiger partial charge in [-0.15, -0.1) is 5.10 Å². The number of hydrogen-bond acceptors (Lipinski definition) is 5. The highest BCUT2D eigenvalue weighted by Gasteiger charge is 2.24. The average molecular weight is 335 g/mol. The first-order valence-corrected chi connectivity index (χ1v) is 8.45. The number of rotatable bonds is 3. The lowest BCUT2D eigenvalue weighted by Gasteiger charge is -2.33. The Labute approximate surface area is 147 Å². The largest absolute Gasteiger partial charge is 0.354 e. The highest BCUT2D eigenvalue weighted by atomic mass is 16.1. The van der Waals surface area contributed by atoms with E-state index in [4.69, 9.17) is 0 Å². The van der Waals surface area contributed by atoms with Crippen molar-refractivity contribution in [2.24, 2.45) is 0 Å². The number of nitrogens with zero attached hydrogens (tertiary/aromatic N) is 4. The standard InChI is InChI=1S/C19H21N5O/c1-13-14(2)22-23-18(17(13)12-20)24-10-8-16(9-11-24)21-19(25)15-6-4-3-5-7-15/h3-7,16H,8-11H2,1-2H3,(H,21,25). The molecule has 128 valence electrons. The summed E-state index contributed by atoms with van der Waals surface area (Å²) in [4.78, 5) is 14.3. The molecule has 1 saturated heterocycles. The summed E-state index contributed by atoms with van der Waals surface area (Å²) >= 11 is 0. The fraction of sp³-hybridized carbons (Fsp3) is 0.368. The molecule has 6 heteroatoms. The number of hydrogen-bond donors (Lipinski definition) is 1. The second-order valence-corrected chi connectivity index (χ2v) is 6.32. The minimum atomic E-state index is -0.0391. The van der Waals surface area contributed by atoms with Crippen LogP contribution in [0.15, 0.2) is 30.3 Å². The van der Waals surface area contributed by atoms with Gasteiger partial charge in [-0.3, -0.25) is 4.79 Å². The molecule has 25 heavy (non-hydrogen) atoms. The Morgan fingerprint density at radius 3 is 2.52 bits per heavy atom. The molecule has 1 amide bonds. The summed E-state index contributed by atoms with van der Waals surface area (Å²) in [5.41, 5.74) is 2.94. The molecular formula is C19H21N5O. The molecule has 0 aliphatic carbocycles. The maximum atomic E-state index is 12.3. The molecule has 0 unspecified atom stereocenters. The second-order valence-electron chi connectivity index (χ2n) is 6.32. The van der Waals surface area contributed by atoms with Crippen LogP contribution in [0.25, 0.3) is 0 Å². The van der Waals surface area contributed by atoms with E-state index in [-0.39, 0.29) is 11.9 Å². The monoisotopic (exact) mass is 335 g/mol. The van der Waals surface area contributed by atoms with E-state index in [1.807, 2.05) is 44.2 Å². The van der Waals surface area contributed by atoms with Crippen molar-refractivity contribution in [1.29, 1.82) is 5.26 Å². The molecule has 0 atom stereocenters. The Morgan fingerprint density at radius 2 is 1.88 bits per heavy atom. The van der Waals surface area contributed by atoms with Gasteiger partial charge in [0, 0.05) is 24.7 Å². The molecular weight excluding hydrogens is 314 g/mol. The maximum absolute atomic E-state index is 12.3. The van der Waals surface area contributed by atoms with Crippen LogP contribution in [-0.2, 0) is 0 Å². The Morgan fingerprint density at radius 1 is 1.20 bits per heavy atom. The molecule has 0 radical (unpaired) electrons. The number of anilines is 1. The number of nitrogens with one attached hydrogen (secondary N) is 1. The van der Waals surface area contributed by atoms with Gasteiger partial charge in [0.2, 0.25) is 0 Å². The highest BCUT2D eigenvalue weighted by Crippen LogP contribution is 2.24. The van der Waals surface area contributed by atoms with Gasteiger partial charge in [-0.05, 0) is 44.4 Å². The van der Waals surface area contributed by atoms with Gasteiger partial charge in [0.15, 0.2) is 5.82 Å². The predicted molar refractivity (Wildman–Crippen MR) is 95.4 cm³/mol. The summed E-state index contributed by atoms with van der Waals surface area (Å²) in [6.07, 6.45) is 1.64. The molecule has 0 bridgehead atoms. The van der Waals surface area contributed by atoms with E-state index >= 15 is 0 Å². The predicted octanol–water partition coefficient (Wildman–Crippen LogP) is 2.36. The van der Waals surface area contributed by atoms with E-state index in [1.165, 1.54) is 0 Å². The van der Waals surface area contributed by atoms with Gasteiger partial charge in [-0.25, -0.2) is 0 Å². The zero-order chi connectivity index (χ0) is 17.8. The smallest absolute Gasteiger partial charge is 0.251 e. The zero-order valence-corrected chi connectivity index (χ0v) is 14.5. The number of nitriles is 1. The van der Waals surface area contributed by atoms with E-state index < -0.39 is 0 Å². The van der Waals surface area contributed by atoms with Crippen LogP contribution in [-0.4, -0.2) is 35.2 Å². The van der Waals surface area contributed by atoms with Crippen molar-refractivity contribution in [2.45, 2.75) is 32.7 Å². The number of piperidine rings is 1. The molecule has 1 aromatic carbocycles. The Balaban J connectivity index is 1.64. The van der Waals surface area contributed by atoms with Crippen molar-refractivity contribution in [3.8, 4) is 6.07 Å². The van der Waals surface area contributed by atoms with E-state index in [0.29, 0.717) is 16.9 Å². The van der Waals surface area contributed by atoms with Crippen molar-refractivity contribution < 1.29 is 4.79 Å². The quantitative estimate of drug-likeness (QED) is 0.931. The number of aryl methyl sites for hydroxylation is 1. The van der Waals surface area contributed by atoms with Crippen molar-refractivity contribution in [3.63, 3.8) is 0 Å². The molecule has 0 saturated carbocycles. The number of carbonyl (C=O) groups excluding carboxylic acids is 1. The summed E-state index contributed by atoms with van der Waals surface area (Å²) in [7, 11) is 0. The normalized spacial score (nSPS) is 14.8. The van der Waals surface area contributed by atoms with Gasteiger partial charge in [0.05, 0.1) is 5.69 Å². The number of aromatic nitrogens is 2. The molecule has 6 nitrogen and oxygen atoms in total. The Bertz CT molecular complexity index is 805. The lowest BCUT2D eigenvalue weighted by atomic mass is 10.0. The lowest BCUT2D eigenvalue weighted by Crippen LogP contribution is -2.45. The third-order valence-electron chi connectivity index (χ3n) is 4.71. The van der Waals surface area contributed by atoms with Crippen molar-refractivity contribution in [3.05, 3.63) is 52.7 Å². The third-order valence-corrected chi connectivity index (χ3v) is 4.71. The summed E-state index contributed by atoms with van der Waals surface area (Å²) in [5, 5.41) is 20.9. The fourth-order valence-electron chi connectivity index (χ4n) is 3.05. The van der Waals surface area contributed by atoms with Crippen LogP contribution in [0.2, 0.25) is 0 Å². The topological polar surface area (TPSA) is 81.9 Å². The summed E-state index contributed by atoms with van der Waals surface area (Å²) in [5.74, 6) is 0.612. The molecule has 2 aromatic rings. The first-order chi connectivity index (χ1) is 12.1. The first kappa shape index (κ1) is 16.9. The van der Waals surface area contributed by atoms with Gasteiger partial charge in [-0.2, -0.15) is 10.4 Å². The van der Waals surface area contributed by atoms with E-state index in [0.717, 1.165) is 37.2 Å². The Hall–Kier alpha value is -2.94. The van der Waals surface area contributed by atoms with E-state index in [1.54, 1.807) is 0 Å². The summed E-state index contributed by atoms with van der Waals surface area (Å²) in [6, 6.07) is 11.6. The zero-order valence-electron chi connectivity index (χ0n) is 14.5. The molecule has 1 aromatic heterocycles. The van der Waals surface area contributed by atoms with Crippen LogP contribution < -0.4 is 10.2 Å². The van der Waals surface area contributed by atoms with E-state index in [9.17, 15) is 10.1 Å². The summed E-state index contributed by atoms with van der Waals surface area (Å²) < 4.78 is 0. The highest BCUT2D eigenvalue weighted by molar-refractivity contribution is 5.94. The first-order valence-electron chi connectivity index (χ1n) is 8.45. The van der Waals surface area contributed by atoms with Crippen LogP contribution in [0.1, 0.15) is 40.0 Å². The van der Waals surface area contributed by atoms with Crippen LogP contribution in [0.4, 0.5) is 5.82 Å². The fourth-order valence-corrected chi connectivity index (χ4v) is 3.05. The van der Waals surface area contributed by atoms with Gasteiger partial charge >= 0.3 is 0 Å². The van der Waals surface area contributed by atoms with Crippen LogP contribution in [0.5, 0.6) is 0 Å². The van der Waals surface area contributed by atoms with Gasteiger partial charge in [0.1, 0.15) is 11.6 Å². The van der Waals surface area contributed by atoms with E-state index in [2.05, 4.69) is 26.5 Å². The molecule has 1 aliphatic rings. The van der Waals surface area contributed by atoms with Crippen molar-refractivity contribution in [2.75, 3.05) is 18.0 Å². The number of benzene rings is 1. The molecule has 1 fully saturated rings. The van der Waals surface area contributed by atoms with Crippen LogP contribution in [0.3, 0.4) is 0 Å².